The predicted octanol–water partition coefficient (Wildman–Crippen LogP) is 2.19. The van der Waals surface area contributed by atoms with Gasteiger partial charge in [0.05, 0.1) is 5.69 Å². The number of fused-ring (bicyclic) bond motifs is 1. The van der Waals surface area contributed by atoms with E-state index in [1.807, 2.05) is 12.1 Å². The maximum absolute atomic E-state index is 6.31. The Morgan fingerprint density at radius 3 is 2.88 bits per heavy atom. The largest absolute Gasteiger partial charge is 0.201 e. The van der Waals surface area contributed by atoms with Gasteiger partial charge in [0.25, 0.3) is 0 Å². The first kappa shape index (κ1) is 9.78. The van der Waals surface area contributed by atoms with Crippen molar-refractivity contribution in [3.63, 3.8) is 0 Å². The quantitative estimate of drug-likeness (QED) is 0.760. The molecule has 4 nitrogen and oxygen atoms in total. The van der Waals surface area contributed by atoms with Crippen molar-refractivity contribution in [2.45, 2.75) is 25.7 Å². The molecule has 0 N–H and O–H groups in total. The summed E-state index contributed by atoms with van der Waals surface area (Å²) in [6, 6.07) is 3.69. The first-order chi connectivity index (χ1) is 7.86. The summed E-state index contributed by atoms with van der Waals surface area (Å²) in [6.07, 6.45) is 6.07. The molecule has 2 aromatic heterocycles. The van der Waals surface area contributed by atoms with Gasteiger partial charge in [-0.3, -0.25) is 0 Å². The lowest BCUT2D eigenvalue weighted by Crippen LogP contribution is -2.01. The monoisotopic (exact) mass is 234 g/mol. The molecule has 5 heteroatoms. The van der Waals surface area contributed by atoms with E-state index in [4.69, 9.17) is 11.6 Å². The molecule has 1 aliphatic rings. The fraction of sp³-hybridized carbons (Fsp3) is 0.364. The van der Waals surface area contributed by atoms with Gasteiger partial charge in [0.15, 0.2) is 5.82 Å². The summed E-state index contributed by atoms with van der Waals surface area (Å²) in [5, 5.41) is 13.1. The highest BCUT2D eigenvalue weighted by atomic mass is 35.5. The number of aryl methyl sites for hydroxylation is 1. The van der Waals surface area contributed by atoms with E-state index >= 15 is 0 Å². The van der Waals surface area contributed by atoms with Gasteiger partial charge in [0.2, 0.25) is 0 Å². The topological polar surface area (TPSA) is 43.6 Å². The zero-order valence-corrected chi connectivity index (χ0v) is 9.48. The Bertz CT molecular complexity index is 506. The minimum atomic E-state index is 0.682. The van der Waals surface area contributed by atoms with Gasteiger partial charge in [-0.1, -0.05) is 11.6 Å². The molecule has 0 aromatic carbocycles. The second-order valence-corrected chi connectivity index (χ2v) is 4.27. The van der Waals surface area contributed by atoms with E-state index in [1.165, 1.54) is 18.4 Å². The van der Waals surface area contributed by atoms with E-state index < -0.39 is 0 Å². The Kier molecular flexibility index (Phi) is 2.36. The molecule has 0 radical (unpaired) electrons. The molecule has 0 saturated heterocycles. The van der Waals surface area contributed by atoms with Gasteiger partial charge in [-0.2, -0.15) is 10.2 Å². The lowest BCUT2D eigenvalue weighted by atomic mass is 9.99. The van der Waals surface area contributed by atoms with Crippen molar-refractivity contribution in [3.8, 4) is 5.82 Å². The Labute approximate surface area is 98.3 Å². The van der Waals surface area contributed by atoms with Crippen molar-refractivity contribution in [1.82, 2.24) is 20.0 Å². The molecule has 0 unspecified atom stereocenters. The third kappa shape index (κ3) is 1.50. The summed E-state index contributed by atoms with van der Waals surface area (Å²) < 4.78 is 1.69. The van der Waals surface area contributed by atoms with E-state index in [0.29, 0.717) is 11.0 Å². The molecule has 3 rings (SSSR count). The molecule has 0 bridgehead atoms. The highest BCUT2D eigenvalue weighted by Gasteiger charge is 2.20. The van der Waals surface area contributed by atoms with Gasteiger partial charge in [0.1, 0.15) is 5.15 Å². The number of hydrogen-bond donors (Lipinski definition) is 0. The maximum atomic E-state index is 6.31. The Hall–Kier alpha value is -1.42. The van der Waals surface area contributed by atoms with Crippen LogP contribution in [0.3, 0.4) is 0 Å². The van der Waals surface area contributed by atoms with Gasteiger partial charge in [-0.05, 0) is 37.8 Å². The summed E-state index contributed by atoms with van der Waals surface area (Å²) >= 11 is 6.31. The minimum Gasteiger partial charge on any atom is -0.201 e. The summed E-state index contributed by atoms with van der Waals surface area (Å²) in [5.74, 6) is 0.682. The van der Waals surface area contributed by atoms with Gasteiger partial charge in [-0.15, -0.1) is 5.10 Å². The van der Waals surface area contributed by atoms with Crippen molar-refractivity contribution < 1.29 is 0 Å². The molecule has 0 spiro atoms. The molecule has 0 fully saturated rings. The van der Waals surface area contributed by atoms with Gasteiger partial charge in [-0.25, -0.2) is 4.68 Å². The summed E-state index contributed by atoms with van der Waals surface area (Å²) in [5.41, 5.74) is 2.29. The zero-order chi connectivity index (χ0) is 11.0. The SMILES string of the molecule is Clc1c2c(nn1-c1cccnn1)CCCC2. The van der Waals surface area contributed by atoms with E-state index in [2.05, 4.69) is 15.3 Å². The fourth-order valence-electron chi connectivity index (χ4n) is 2.07. The highest BCUT2D eigenvalue weighted by Crippen LogP contribution is 2.28. The lowest BCUT2D eigenvalue weighted by molar-refractivity contribution is 0.670. The van der Waals surface area contributed by atoms with E-state index in [1.54, 1.807) is 10.9 Å². The number of rotatable bonds is 1. The smallest absolute Gasteiger partial charge is 0.177 e. The van der Waals surface area contributed by atoms with Crippen LogP contribution in [0.5, 0.6) is 0 Å². The lowest BCUT2D eigenvalue weighted by Gasteiger charge is -2.07. The van der Waals surface area contributed by atoms with Gasteiger partial charge < -0.3 is 0 Å². The third-order valence-electron chi connectivity index (χ3n) is 2.87. The van der Waals surface area contributed by atoms with Crippen molar-refractivity contribution in [1.29, 1.82) is 0 Å². The van der Waals surface area contributed by atoms with Crippen LogP contribution in [0.2, 0.25) is 5.15 Å². The molecule has 2 heterocycles. The average Bonchev–Trinajstić information content (AvgIpc) is 2.69. The van der Waals surface area contributed by atoms with Crippen LogP contribution in [0.1, 0.15) is 24.1 Å². The molecule has 82 valence electrons. The Morgan fingerprint density at radius 1 is 1.25 bits per heavy atom. The number of nitrogens with zero attached hydrogens (tertiary/aromatic N) is 4. The number of hydrogen-bond acceptors (Lipinski definition) is 3. The first-order valence-corrected chi connectivity index (χ1v) is 5.78. The molecule has 1 aliphatic carbocycles. The minimum absolute atomic E-state index is 0.682. The highest BCUT2D eigenvalue weighted by molar-refractivity contribution is 6.30. The third-order valence-corrected chi connectivity index (χ3v) is 3.26. The van der Waals surface area contributed by atoms with Crippen molar-refractivity contribution >= 4 is 11.6 Å². The molecular formula is C11H11ClN4. The summed E-state index contributed by atoms with van der Waals surface area (Å²) in [7, 11) is 0. The molecular weight excluding hydrogens is 224 g/mol. The summed E-state index contributed by atoms with van der Waals surface area (Å²) in [4.78, 5) is 0. The standard InChI is InChI=1S/C11H11ClN4/c12-11-8-4-1-2-5-9(8)15-16(11)10-6-3-7-13-14-10/h3,6-7H,1-2,4-5H2. The van der Waals surface area contributed by atoms with Crippen LogP contribution in [0.25, 0.3) is 5.82 Å². The average molecular weight is 235 g/mol. The van der Waals surface area contributed by atoms with Crippen LogP contribution in [-0.2, 0) is 12.8 Å². The van der Waals surface area contributed by atoms with Crippen molar-refractivity contribution in [3.05, 3.63) is 34.7 Å². The molecule has 0 amide bonds. The first-order valence-electron chi connectivity index (χ1n) is 5.40. The molecule has 0 aliphatic heterocycles. The second kappa shape index (κ2) is 3.87. The molecule has 2 aromatic rings. The Balaban J connectivity index is 2.12. The number of halogens is 1. The summed E-state index contributed by atoms with van der Waals surface area (Å²) in [6.45, 7) is 0. The Morgan fingerprint density at radius 2 is 2.12 bits per heavy atom. The fourth-order valence-corrected chi connectivity index (χ4v) is 2.40. The van der Waals surface area contributed by atoms with E-state index in [0.717, 1.165) is 18.5 Å². The van der Waals surface area contributed by atoms with Crippen LogP contribution in [0.4, 0.5) is 0 Å². The van der Waals surface area contributed by atoms with Crippen LogP contribution in [0.15, 0.2) is 18.3 Å². The van der Waals surface area contributed by atoms with E-state index in [-0.39, 0.29) is 0 Å². The van der Waals surface area contributed by atoms with Crippen molar-refractivity contribution in [2.24, 2.45) is 0 Å². The second-order valence-electron chi connectivity index (χ2n) is 3.92. The van der Waals surface area contributed by atoms with Crippen LogP contribution in [0, 0.1) is 0 Å². The van der Waals surface area contributed by atoms with Gasteiger partial charge in [0, 0.05) is 11.8 Å². The van der Waals surface area contributed by atoms with Crippen LogP contribution < -0.4 is 0 Å². The van der Waals surface area contributed by atoms with Gasteiger partial charge >= 0.3 is 0 Å². The predicted molar refractivity (Wildman–Crippen MR) is 60.8 cm³/mol. The van der Waals surface area contributed by atoms with Crippen LogP contribution in [-0.4, -0.2) is 20.0 Å². The molecule has 16 heavy (non-hydrogen) atoms. The molecule has 0 atom stereocenters. The molecule has 0 saturated carbocycles. The van der Waals surface area contributed by atoms with Crippen molar-refractivity contribution in [2.75, 3.05) is 0 Å². The van der Waals surface area contributed by atoms with E-state index in [9.17, 15) is 0 Å². The number of aromatic nitrogens is 4. The zero-order valence-electron chi connectivity index (χ0n) is 8.73. The normalized spacial score (nSPS) is 14.8. The maximum Gasteiger partial charge on any atom is 0.177 e. The van der Waals surface area contributed by atoms with Crippen LogP contribution >= 0.6 is 11.6 Å².